The molecule has 1 atom stereocenters. The second kappa shape index (κ2) is 6.20. The SMILES string of the molecule is Cc1cc(C)cc(C(=O)NCC(Br)C(C)C)c1. The quantitative estimate of drug-likeness (QED) is 0.848. The zero-order valence-electron chi connectivity index (χ0n) is 10.9. The third-order valence-electron chi connectivity index (χ3n) is 2.66. The molecule has 0 saturated carbocycles. The van der Waals surface area contributed by atoms with Crippen LogP contribution in [0.25, 0.3) is 0 Å². The summed E-state index contributed by atoms with van der Waals surface area (Å²) < 4.78 is 0. The van der Waals surface area contributed by atoms with Gasteiger partial charge in [-0.1, -0.05) is 47.0 Å². The van der Waals surface area contributed by atoms with Crippen LogP contribution in [-0.2, 0) is 0 Å². The van der Waals surface area contributed by atoms with E-state index < -0.39 is 0 Å². The number of benzene rings is 1. The summed E-state index contributed by atoms with van der Waals surface area (Å²) in [7, 11) is 0. The summed E-state index contributed by atoms with van der Waals surface area (Å²) in [6, 6.07) is 5.90. The van der Waals surface area contributed by atoms with E-state index >= 15 is 0 Å². The molecule has 0 fully saturated rings. The van der Waals surface area contributed by atoms with Crippen LogP contribution in [0.4, 0.5) is 0 Å². The maximum absolute atomic E-state index is 11.9. The monoisotopic (exact) mass is 297 g/mol. The first kappa shape index (κ1) is 14.2. The van der Waals surface area contributed by atoms with Crippen molar-refractivity contribution in [1.29, 1.82) is 0 Å². The van der Waals surface area contributed by atoms with Crippen LogP contribution in [0, 0.1) is 19.8 Å². The maximum Gasteiger partial charge on any atom is 0.251 e. The first-order valence-electron chi connectivity index (χ1n) is 5.90. The lowest BCUT2D eigenvalue weighted by molar-refractivity contribution is 0.0952. The number of halogens is 1. The molecule has 0 aromatic heterocycles. The van der Waals surface area contributed by atoms with Gasteiger partial charge in [0.05, 0.1) is 0 Å². The lowest BCUT2D eigenvalue weighted by Gasteiger charge is -2.14. The fourth-order valence-electron chi connectivity index (χ4n) is 1.63. The first-order valence-corrected chi connectivity index (χ1v) is 6.82. The molecule has 0 aliphatic carbocycles. The Morgan fingerprint density at radius 1 is 1.24 bits per heavy atom. The molecule has 94 valence electrons. The molecule has 17 heavy (non-hydrogen) atoms. The van der Waals surface area contributed by atoms with Crippen molar-refractivity contribution in [2.45, 2.75) is 32.5 Å². The summed E-state index contributed by atoms with van der Waals surface area (Å²) in [4.78, 5) is 12.3. The van der Waals surface area contributed by atoms with Crippen molar-refractivity contribution in [3.05, 3.63) is 34.9 Å². The summed E-state index contributed by atoms with van der Waals surface area (Å²) in [6.45, 7) is 8.92. The molecule has 0 bridgehead atoms. The van der Waals surface area contributed by atoms with E-state index in [0.29, 0.717) is 17.3 Å². The van der Waals surface area contributed by atoms with Crippen molar-refractivity contribution in [1.82, 2.24) is 5.32 Å². The number of hydrogen-bond acceptors (Lipinski definition) is 1. The van der Waals surface area contributed by atoms with Crippen LogP contribution in [-0.4, -0.2) is 17.3 Å². The molecule has 1 N–H and O–H groups in total. The molecular formula is C14H20BrNO. The summed E-state index contributed by atoms with van der Waals surface area (Å²) in [5, 5.41) is 2.95. The van der Waals surface area contributed by atoms with Gasteiger partial charge in [0.1, 0.15) is 0 Å². The number of alkyl halides is 1. The third kappa shape index (κ3) is 4.50. The van der Waals surface area contributed by atoms with Crippen LogP contribution < -0.4 is 5.32 Å². The molecule has 0 spiro atoms. The van der Waals surface area contributed by atoms with E-state index in [1.54, 1.807) is 0 Å². The van der Waals surface area contributed by atoms with Crippen molar-refractivity contribution < 1.29 is 4.79 Å². The number of nitrogens with one attached hydrogen (secondary N) is 1. The fourth-order valence-corrected chi connectivity index (χ4v) is 1.80. The number of rotatable bonds is 4. The minimum absolute atomic E-state index is 0.00176. The molecule has 1 rings (SSSR count). The number of carbonyl (C=O) groups is 1. The second-order valence-corrected chi connectivity index (χ2v) is 6.02. The van der Waals surface area contributed by atoms with Gasteiger partial charge in [-0.15, -0.1) is 0 Å². The predicted molar refractivity (Wildman–Crippen MR) is 75.8 cm³/mol. The lowest BCUT2D eigenvalue weighted by atomic mass is 10.1. The first-order chi connectivity index (χ1) is 7.90. The van der Waals surface area contributed by atoms with Crippen LogP contribution in [0.15, 0.2) is 18.2 Å². The zero-order chi connectivity index (χ0) is 13.0. The second-order valence-electron chi connectivity index (χ2n) is 4.85. The summed E-state index contributed by atoms with van der Waals surface area (Å²) in [5.74, 6) is 0.511. The lowest BCUT2D eigenvalue weighted by Crippen LogP contribution is -2.31. The van der Waals surface area contributed by atoms with Crippen LogP contribution in [0.5, 0.6) is 0 Å². The Morgan fingerprint density at radius 2 is 1.76 bits per heavy atom. The van der Waals surface area contributed by atoms with Crippen molar-refractivity contribution in [2.75, 3.05) is 6.54 Å². The van der Waals surface area contributed by atoms with E-state index in [2.05, 4.69) is 41.2 Å². The van der Waals surface area contributed by atoms with E-state index in [0.717, 1.165) is 16.7 Å². The Bertz CT molecular complexity index is 381. The standard InChI is InChI=1S/C14H20BrNO/c1-9(2)13(15)8-16-14(17)12-6-10(3)5-11(4)7-12/h5-7,9,13H,8H2,1-4H3,(H,16,17). The molecule has 0 saturated heterocycles. The Morgan fingerprint density at radius 3 is 2.24 bits per heavy atom. The average molecular weight is 298 g/mol. The molecule has 3 heteroatoms. The highest BCUT2D eigenvalue weighted by Gasteiger charge is 2.12. The highest BCUT2D eigenvalue weighted by Crippen LogP contribution is 2.12. The minimum Gasteiger partial charge on any atom is -0.351 e. The van der Waals surface area contributed by atoms with Crippen molar-refractivity contribution >= 4 is 21.8 Å². The molecule has 0 heterocycles. The molecule has 1 unspecified atom stereocenters. The van der Waals surface area contributed by atoms with Gasteiger partial charge in [-0.2, -0.15) is 0 Å². The molecule has 1 amide bonds. The zero-order valence-corrected chi connectivity index (χ0v) is 12.5. The van der Waals surface area contributed by atoms with E-state index in [9.17, 15) is 4.79 Å². The van der Waals surface area contributed by atoms with Gasteiger partial charge in [-0.25, -0.2) is 0 Å². The Hall–Kier alpha value is -0.830. The summed E-state index contributed by atoms with van der Waals surface area (Å²) in [6.07, 6.45) is 0. The summed E-state index contributed by atoms with van der Waals surface area (Å²) >= 11 is 3.56. The Balaban J connectivity index is 2.64. The molecule has 0 aliphatic rings. The van der Waals surface area contributed by atoms with Crippen LogP contribution in [0.3, 0.4) is 0 Å². The normalized spacial score (nSPS) is 12.6. The molecule has 2 nitrogen and oxygen atoms in total. The third-order valence-corrected chi connectivity index (χ3v) is 4.05. The van der Waals surface area contributed by atoms with Crippen molar-refractivity contribution in [3.63, 3.8) is 0 Å². The molecule has 0 radical (unpaired) electrons. The molecule has 1 aromatic rings. The maximum atomic E-state index is 11.9. The van der Waals surface area contributed by atoms with Gasteiger partial charge in [-0.05, 0) is 31.9 Å². The van der Waals surface area contributed by atoms with Gasteiger partial charge in [0, 0.05) is 16.9 Å². The van der Waals surface area contributed by atoms with E-state index in [4.69, 9.17) is 0 Å². The van der Waals surface area contributed by atoms with E-state index in [1.807, 2.05) is 26.0 Å². The smallest absolute Gasteiger partial charge is 0.251 e. The topological polar surface area (TPSA) is 29.1 Å². The molecular weight excluding hydrogens is 278 g/mol. The van der Waals surface area contributed by atoms with Gasteiger partial charge in [0.15, 0.2) is 0 Å². The summed E-state index contributed by atoms with van der Waals surface area (Å²) in [5.41, 5.74) is 2.98. The van der Waals surface area contributed by atoms with Crippen LogP contribution in [0.2, 0.25) is 0 Å². The largest absolute Gasteiger partial charge is 0.351 e. The number of hydrogen-bond donors (Lipinski definition) is 1. The fraction of sp³-hybridized carbons (Fsp3) is 0.500. The molecule has 0 aliphatic heterocycles. The van der Waals surface area contributed by atoms with Gasteiger partial charge >= 0.3 is 0 Å². The van der Waals surface area contributed by atoms with Gasteiger partial charge < -0.3 is 5.32 Å². The average Bonchev–Trinajstić information content (AvgIpc) is 2.23. The van der Waals surface area contributed by atoms with Crippen LogP contribution >= 0.6 is 15.9 Å². The Kier molecular flexibility index (Phi) is 5.19. The van der Waals surface area contributed by atoms with Gasteiger partial charge in [0.2, 0.25) is 0 Å². The van der Waals surface area contributed by atoms with Gasteiger partial charge in [-0.3, -0.25) is 4.79 Å². The predicted octanol–water partition coefficient (Wildman–Crippen LogP) is 3.45. The number of aryl methyl sites for hydroxylation is 2. The van der Waals surface area contributed by atoms with Crippen LogP contribution in [0.1, 0.15) is 35.3 Å². The highest BCUT2D eigenvalue weighted by atomic mass is 79.9. The van der Waals surface area contributed by atoms with E-state index in [1.165, 1.54) is 0 Å². The highest BCUT2D eigenvalue weighted by molar-refractivity contribution is 9.09. The molecule has 1 aromatic carbocycles. The minimum atomic E-state index is 0.00176. The number of amides is 1. The van der Waals surface area contributed by atoms with E-state index in [-0.39, 0.29) is 5.91 Å². The van der Waals surface area contributed by atoms with Crippen molar-refractivity contribution in [2.24, 2.45) is 5.92 Å². The van der Waals surface area contributed by atoms with Gasteiger partial charge in [0.25, 0.3) is 5.91 Å². The Labute approximate surface area is 112 Å². The number of carbonyl (C=O) groups excluding carboxylic acids is 1. The van der Waals surface area contributed by atoms with Crippen molar-refractivity contribution in [3.8, 4) is 0 Å².